The van der Waals surface area contributed by atoms with Crippen LogP contribution in [0.3, 0.4) is 0 Å². The van der Waals surface area contributed by atoms with Crippen LogP contribution >= 0.6 is 0 Å². The second-order valence-electron chi connectivity index (χ2n) is 8.77. The van der Waals surface area contributed by atoms with Crippen LogP contribution in [0.2, 0.25) is 0 Å². The number of ether oxygens (including phenoxy) is 1. The largest absolute Gasteiger partial charge is 0.444 e. The number of alkyl carbamates (subject to hydrolysis) is 1. The molecule has 2 atom stereocenters. The third kappa shape index (κ3) is 5.34. The van der Waals surface area contributed by atoms with Crippen molar-refractivity contribution in [3.05, 3.63) is 23.4 Å². The second-order valence-corrected chi connectivity index (χ2v) is 8.77. The van der Waals surface area contributed by atoms with Crippen molar-refractivity contribution in [1.82, 2.24) is 20.6 Å². The molecule has 0 bridgehead atoms. The number of carbonyl (C=O) groups is 2. The molecule has 3 rings (SSSR count). The van der Waals surface area contributed by atoms with Gasteiger partial charge in [0, 0.05) is 32.4 Å². The Balaban J connectivity index is 1.43. The molecule has 0 aromatic carbocycles. The predicted octanol–water partition coefficient (Wildman–Crippen LogP) is 2.67. The summed E-state index contributed by atoms with van der Waals surface area (Å²) in [5.41, 5.74) is 7.57. The fourth-order valence-electron chi connectivity index (χ4n) is 3.79. The molecule has 1 saturated carbocycles. The molecule has 154 valence electrons. The monoisotopic (exact) mass is 389 g/mol. The number of hydrazine groups is 1. The van der Waals surface area contributed by atoms with Crippen LogP contribution in [0.1, 0.15) is 62.4 Å². The van der Waals surface area contributed by atoms with Gasteiger partial charge in [-0.2, -0.15) is 0 Å². The summed E-state index contributed by atoms with van der Waals surface area (Å²) in [4.78, 5) is 29.9. The fraction of sp³-hybridized carbons (Fsp3) is 0.650. The Labute approximate surface area is 166 Å². The van der Waals surface area contributed by atoms with E-state index in [9.17, 15) is 9.59 Å². The highest BCUT2D eigenvalue weighted by Crippen LogP contribution is 2.25. The molecule has 28 heavy (non-hydrogen) atoms. The molecule has 1 unspecified atom stereocenters. The highest BCUT2D eigenvalue weighted by molar-refractivity contribution is 5.98. The average Bonchev–Trinajstić information content (AvgIpc) is 2.87. The summed E-state index contributed by atoms with van der Waals surface area (Å²) in [5, 5.41) is 2.99. The van der Waals surface area contributed by atoms with Crippen molar-refractivity contribution < 1.29 is 14.3 Å². The first-order valence-corrected chi connectivity index (χ1v) is 9.94. The zero-order valence-electron chi connectivity index (χ0n) is 17.2. The SMILES string of the molecule is CN1Cc2cc(NNCC3CCC[C@@H](NC(=O)OC(C)(C)C)C3)ncc2C1=O. The summed E-state index contributed by atoms with van der Waals surface area (Å²) >= 11 is 0. The van der Waals surface area contributed by atoms with Crippen molar-refractivity contribution >= 4 is 17.8 Å². The van der Waals surface area contributed by atoms with Gasteiger partial charge in [0.25, 0.3) is 5.91 Å². The number of hydrogen-bond donors (Lipinski definition) is 3. The highest BCUT2D eigenvalue weighted by atomic mass is 16.6. The third-order valence-electron chi connectivity index (χ3n) is 5.09. The summed E-state index contributed by atoms with van der Waals surface area (Å²) in [6.45, 7) is 7.00. The Morgan fingerprint density at radius 1 is 1.36 bits per heavy atom. The highest BCUT2D eigenvalue weighted by Gasteiger charge is 2.26. The minimum absolute atomic E-state index is 0.0211. The maximum atomic E-state index is 12.0. The van der Waals surface area contributed by atoms with E-state index in [4.69, 9.17) is 4.74 Å². The van der Waals surface area contributed by atoms with E-state index in [2.05, 4.69) is 21.2 Å². The van der Waals surface area contributed by atoms with Crippen molar-refractivity contribution in [2.45, 2.75) is 64.6 Å². The quantitative estimate of drug-likeness (QED) is 0.670. The molecule has 1 aliphatic carbocycles. The molecule has 1 aromatic heterocycles. The van der Waals surface area contributed by atoms with E-state index in [-0.39, 0.29) is 18.0 Å². The van der Waals surface area contributed by atoms with E-state index in [1.165, 1.54) is 0 Å². The Morgan fingerprint density at radius 2 is 2.14 bits per heavy atom. The lowest BCUT2D eigenvalue weighted by molar-refractivity contribution is 0.0484. The minimum atomic E-state index is -0.480. The number of hydrogen-bond acceptors (Lipinski definition) is 6. The molecule has 0 saturated heterocycles. The Morgan fingerprint density at radius 3 is 2.89 bits per heavy atom. The Kier molecular flexibility index (Phi) is 6.07. The number of pyridine rings is 1. The van der Waals surface area contributed by atoms with Gasteiger partial charge in [-0.1, -0.05) is 6.42 Å². The van der Waals surface area contributed by atoms with Gasteiger partial charge in [-0.25, -0.2) is 15.2 Å². The van der Waals surface area contributed by atoms with Crippen LogP contribution < -0.4 is 16.2 Å². The molecule has 1 fully saturated rings. The molecule has 8 nitrogen and oxygen atoms in total. The van der Waals surface area contributed by atoms with E-state index in [0.717, 1.165) is 37.8 Å². The number of rotatable bonds is 5. The predicted molar refractivity (Wildman–Crippen MR) is 107 cm³/mol. The summed E-state index contributed by atoms with van der Waals surface area (Å²) in [5.74, 6) is 1.19. The average molecular weight is 390 g/mol. The van der Waals surface area contributed by atoms with Crippen molar-refractivity contribution in [1.29, 1.82) is 0 Å². The van der Waals surface area contributed by atoms with Crippen LogP contribution in [0.5, 0.6) is 0 Å². The lowest BCUT2D eigenvalue weighted by atomic mass is 9.86. The molecule has 2 heterocycles. The van der Waals surface area contributed by atoms with Crippen molar-refractivity contribution in [3.63, 3.8) is 0 Å². The van der Waals surface area contributed by atoms with Gasteiger partial charge in [0.1, 0.15) is 11.4 Å². The first-order valence-electron chi connectivity index (χ1n) is 9.94. The molecule has 0 radical (unpaired) electrons. The van der Waals surface area contributed by atoms with Gasteiger partial charge in [-0.15, -0.1) is 0 Å². The first-order chi connectivity index (χ1) is 13.2. The van der Waals surface area contributed by atoms with Crippen LogP contribution in [0, 0.1) is 5.92 Å². The van der Waals surface area contributed by atoms with E-state index in [1.807, 2.05) is 26.8 Å². The van der Waals surface area contributed by atoms with Crippen molar-refractivity contribution in [2.24, 2.45) is 5.92 Å². The van der Waals surface area contributed by atoms with E-state index < -0.39 is 5.60 Å². The van der Waals surface area contributed by atoms with Gasteiger partial charge in [-0.3, -0.25) is 4.79 Å². The van der Waals surface area contributed by atoms with Crippen molar-refractivity contribution in [2.75, 3.05) is 19.0 Å². The molecule has 8 heteroatoms. The molecule has 1 aliphatic heterocycles. The van der Waals surface area contributed by atoms with Gasteiger partial charge < -0.3 is 20.4 Å². The lowest BCUT2D eigenvalue weighted by Crippen LogP contribution is -2.43. The summed E-state index contributed by atoms with van der Waals surface area (Å²) in [6.07, 6.45) is 5.40. The van der Waals surface area contributed by atoms with Crippen LogP contribution in [0.25, 0.3) is 0 Å². The van der Waals surface area contributed by atoms with Gasteiger partial charge in [-0.05, 0) is 57.6 Å². The molecule has 0 spiro atoms. The van der Waals surface area contributed by atoms with Crippen LogP contribution in [-0.2, 0) is 11.3 Å². The number of amides is 2. The molecular formula is C20H31N5O3. The Bertz CT molecular complexity index is 731. The number of aromatic nitrogens is 1. The van der Waals surface area contributed by atoms with E-state index in [0.29, 0.717) is 23.8 Å². The number of nitrogens with one attached hydrogen (secondary N) is 3. The number of carbonyl (C=O) groups excluding carboxylic acids is 2. The second kappa shape index (κ2) is 8.34. The topological polar surface area (TPSA) is 95.6 Å². The van der Waals surface area contributed by atoms with Gasteiger partial charge in [0.15, 0.2) is 0 Å². The number of anilines is 1. The summed E-state index contributed by atoms with van der Waals surface area (Å²) in [6, 6.07) is 2.06. The lowest BCUT2D eigenvalue weighted by Gasteiger charge is -2.30. The zero-order chi connectivity index (χ0) is 20.3. The minimum Gasteiger partial charge on any atom is -0.444 e. The smallest absolute Gasteiger partial charge is 0.407 e. The van der Waals surface area contributed by atoms with Gasteiger partial charge in [0.2, 0.25) is 0 Å². The molecule has 2 amide bonds. The van der Waals surface area contributed by atoms with Gasteiger partial charge >= 0.3 is 6.09 Å². The fourth-order valence-corrected chi connectivity index (χ4v) is 3.79. The molecule has 1 aromatic rings. The summed E-state index contributed by atoms with van der Waals surface area (Å²) in [7, 11) is 1.79. The first kappa shape index (κ1) is 20.4. The molecule has 2 aliphatic rings. The van der Waals surface area contributed by atoms with Crippen molar-refractivity contribution in [3.8, 4) is 0 Å². The Hall–Kier alpha value is -2.35. The number of nitrogens with zero attached hydrogens (tertiary/aromatic N) is 2. The number of fused-ring (bicyclic) bond motifs is 1. The van der Waals surface area contributed by atoms with E-state index >= 15 is 0 Å². The van der Waals surface area contributed by atoms with E-state index in [1.54, 1.807) is 18.1 Å². The van der Waals surface area contributed by atoms with Crippen LogP contribution in [0.15, 0.2) is 12.3 Å². The molecular weight excluding hydrogens is 358 g/mol. The molecule has 3 N–H and O–H groups in total. The van der Waals surface area contributed by atoms with Crippen LogP contribution in [-0.4, -0.2) is 47.1 Å². The standard InChI is InChI=1S/C20H31N5O3/c1-20(2,3)28-19(27)23-15-7-5-6-13(8-15)10-22-24-17-9-14-12-25(4)18(26)16(14)11-21-17/h9,11,13,15,22H,5-8,10,12H2,1-4H3,(H,21,24)(H,23,27)/t13?,15-/m1/s1. The van der Waals surface area contributed by atoms with Crippen LogP contribution in [0.4, 0.5) is 10.6 Å². The summed E-state index contributed by atoms with van der Waals surface area (Å²) < 4.78 is 5.35. The normalized spacial score (nSPS) is 22.0. The maximum Gasteiger partial charge on any atom is 0.407 e. The zero-order valence-corrected chi connectivity index (χ0v) is 17.2. The third-order valence-corrected chi connectivity index (χ3v) is 5.09. The maximum absolute atomic E-state index is 12.0. The van der Waals surface area contributed by atoms with Gasteiger partial charge in [0.05, 0.1) is 5.56 Å².